The van der Waals surface area contributed by atoms with Gasteiger partial charge in [0, 0.05) is 6.07 Å². The van der Waals surface area contributed by atoms with Crippen molar-refractivity contribution in [3.05, 3.63) is 23.4 Å². The topological polar surface area (TPSA) is 59.4 Å². The molecule has 0 amide bonds. The van der Waals surface area contributed by atoms with Gasteiger partial charge in [0.2, 0.25) is 5.88 Å². The molecule has 4 heteroatoms. The van der Waals surface area contributed by atoms with Crippen molar-refractivity contribution < 1.29 is 14.6 Å². The van der Waals surface area contributed by atoms with E-state index in [9.17, 15) is 4.79 Å². The molecule has 0 saturated heterocycles. The second-order valence-electron chi connectivity index (χ2n) is 2.32. The van der Waals surface area contributed by atoms with Crippen LogP contribution in [-0.4, -0.2) is 23.2 Å². The molecule has 0 aliphatic carbocycles. The third-order valence-corrected chi connectivity index (χ3v) is 1.48. The second kappa shape index (κ2) is 3.21. The first-order valence-corrected chi connectivity index (χ1v) is 3.40. The summed E-state index contributed by atoms with van der Waals surface area (Å²) in [5, 5.41) is 8.67. The molecule has 1 rings (SSSR count). The maximum absolute atomic E-state index is 10.6. The van der Waals surface area contributed by atoms with Crippen LogP contribution in [0.4, 0.5) is 0 Å². The van der Waals surface area contributed by atoms with Crippen LogP contribution in [0.25, 0.3) is 0 Å². The minimum atomic E-state index is -1.04. The second-order valence-corrected chi connectivity index (χ2v) is 2.32. The molecule has 4 nitrogen and oxygen atoms in total. The van der Waals surface area contributed by atoms with E-state index in [-0.39, 0.29) is 5.69 Å². The lowest BCUT2D eigenvalue weighted by Gasteiger charge is -2.01. The minimum Gasteiger partial charge on any atom is -0.481 e. The van der Waals surface area contributed by atoms with E-state index < -0.39 is 5.97 Å². The third-order valence-electron chi connectivity index (χ3n) is 1.48. The number of hydrogen-bond acceptors (Lipinski definition) is 3. The lowest BCUT2D eigenvalue weighted by molar-refractivity contribution is 0.0688. The van der Waals surface area contributed by atoms with Gasteiger partial charge in [-0.15, -0.1) is 0 Å². The summed E-state index contributed by atoms with van der Waals surface area (Å²) in [6.45, 7) is 1.69. The Bertz CT molecular complexity index is 309. The highest BCUT2D eigenvalue weighted by Gasteiger charge is 2.09. The van der Waals surface area contributed by atoms with Crippen molar-refractivity contribution >= 4 is 5.97 Å². The Balaban J connectivity index is 3.17. The number of aryl methyl sites for hydroxylation is 1. The number of hydrogen-bond donors (Lipinski definition) is 1. The highest BCUT2D eigenvalue weighted by molar-refractivity contribution is 5.87. The molecule has 64 valence electrons. The van der Waals surface area contributed by atoms with Crippen LogP contribution in [0.3, 0.4) is 0 Å². The predicted molar refractivity (Wildman–Crippen MR) is 42.5 cm³/mol. The van der Waals surface area contributed by atoms with Gasteiger partial charge in [-0.3, -0.25) is 0 Å². The van der Waals surface area contributed by atoms with Crippen LogP contribution in [0.15, 0.2) is 12.1 Å². The Labute approximate surface area is 69.8 Å². The van der Waals surface area contributed by atoms with Gasteiger partial charge in [0.05, 0.1) is 7.11 Å². The standard InChI is InChI=1S/C8H9NO3/c1-5-3-4-6(12-2)9-7(5)8(10)11/h3-4H,1-2H3,(H,10,11). The van der Waals surface area contributed by atoms with E-state index in [1.807, 2.05) is 0 Å². The fourth-order valence-electron chi connectivity index (χ4n) is 0.841. The van der Waals surface area contributed by atoms with Crippen molar-refractivity contribution in [2.24, 2.45) is 0 Å². The maximum Gasteiger partial charge on any atom is 0.354 e. The number of pyridine rings is 1. The van der Waals surface area contributed by atoms with Gasteiger partial charge in [0.1, 0.15) is 0 Å². The number of rotatable bonds is 2. The SMILES string of the molecule is COc1ccc(C)c(C(=O)O)n1. The number of ether oxygens (including phenoxy) is 1. The summed E-state index contributed by atoms with van der Waals surface area (Å²) < 4.78 is 4.79. The van der Waals surface area contributed by atoms with Gasteiger partial charge < -0.3 is 9.84 Å². The number of aromatic nitrogens is 1. The van der Waals surface area contributed by atoms with Gasteiger partial charge in [-0.25, -0.2) is 9.78 Å². The van der Waals surface area contributed by atoms with Crippen molar-refractivity contribution in [2.45, 2.75) is 6.92 Å². The first-order chi connectivity index (χ1) is 5.65. The van der Waals surface area contributed by atoms with Crippen LogP contribution in [0.2, 0.25) is 0 Å². The molecule has 1 N–H and O–H groups in total. The van der Waals surface area contributed by atoms with E-state index in [1.54, 1.807) is 19.1 Å². The predicted octanol–water partition coefficient (Wildman–Crippen LogP) is 1.10. The van der Waals surface area contributed by atoms with E-state index in [2.05, 4.69) is 4.98 Å². The van der Waals surface area contributed by atoms with Crippen LogP contribution < -0.4 is 4.74 Å². The number of nitrogens with zero attached hydrogens (tertiary/aromatic N) is 1. The van der Waals surface area contributed by atoms with Crippen molar-refractivity contribution in [1.29, 1.82) is 0 Å². The van der Waals surface area contributed by atoms with E-state index >= 15 is 0 Å². The molecular formula is C8H9NO3. The molecule has 0 radical (unpaired) electrons. The number of carbonyl (C=O) groups is 1. The fraction of sp³-hybridized carbons (Fsp3) is 0.250. The zero-order valence-corrected chi connectivity index (χ0v) is 6.87. The monoisotopic (exact) mass is 167 g/mol. The third kappa shape index (κ3) is 1.53. The van der Waals surface area contributed by atoms with Crippen molar-refractivity contribution in [3.63, 3.8) is 0 Å². The molecule has 12 heavy (non-hydrogen) atoms. The Morgan fingerprint density at radius 3 is 2.75 bits per heavy atom. The van der Waals surface area contributed by atoms with E-state index in [0.717, 1.165) is 0 Å². The van der Waals surface area contributed by atoms with Crippen LogP contribution >= 0.6 is 0 Å². The molecule has 0 aliphatic rings. The summed E-state index contributed by atoms with van der Waals surface area (Å²) in [6.07, 6.45) is 0. The summed E-state index contributed by atoms with van der Waals surface area (Å²) >= 11 is 0. The summed E-state index contributed by atoms with van der Waals surface area (Å²) in [4.78, 5) is 14.3. The summed E-state index contributed by atoms with van der Waals surface area (Å²) in [7, 11) is 1.45. The summed E-state index contributed by atoms with van der Waals surface area (Å²) in [5.41, 5.74) is 0.664. The van der Waals surface area contributed by atoms with Gasteiger partial charge in [-0.2, -0.15) is 0 Å². The van der Waals surface area contributed by atoms with Gasteiger partial charge in [0.25, 0.3) is 0 Å². The number of carboxylic acid groups (broad SMARTS) is 1. The summed E-state index contributed by atoms with van der Waals surface area (Å²) in [5.74, 6) is -0.718. The first kappa shape index (κ1) is 8.52. The highest BCUT2D eigenvalue weighted by atomic mass is 16.5. The lowest BCUT2D eigenvalue weighted by Crippen LogP contribution is -2.04. The zero-order valence-electron chi connectivity index (χ0n) is 6.87. The average molecular weight is 167 g/mol. The molecule has 0 bridgehead atoms. The van der Waals surface area contributed by atoms with Crippen LogP contribution in [0, 0.1) is 6.92 Å². The molecule has 0 aliphatic heterocycles. The quantitative estimate of drug-likeness (QED) is 0.716. The molecule has 1 aromatic rings. The van der Waals surface area contributed by atoms with Crippen LogP contribution in [0.1, 0.15) is 16.1 Å². The van der Waals surface area contributed by atoms with E-state index in [4.69, 9.17) is 9.84 Å². The van der Waals surface area contributed by atoms with Crippen molar-refractivity contribution in [3.8, 4) is 5.88 Å². The lowest BCUT2D eigenvalue weighted by atomic mass is 10.2. The Morgan fingerprint density at radius 1 is 1.58 bits per heavy atom. The number of carboxylic acids is 1. The zero-order chi connectivity index (χ0) is 9.14. The first-order valence-electron chi connectivity index (χ1n) is 3.40. The Morgan fingerprint density at radius 2 is 2.25 bits per heavy atom. The minimum absolute atomic E-state index is 0.0364. The normalized spacial score (nSPS) is 9.50. The fourth-order valence-corrected chi connectivity index (χ4v) is 0.841. The number of aromatic carboxylic acids is 1. The van der Waals surface area contributed by atoms with Crippen LogP contribution in [0.5, 0.6) is 5.88 Å². The van der Waals surface area contributed by atoms with Gasteiger partial charge in [-0.1, -0.05) is 6.07 Å². The molecule has 0 spiro atoms. The largest absolute Gasteiger partial charge is 0.481 e. The van der Waals surface area contributed by atoms with Gasteiger partial charge in [0.15, 0.2) is 5.69 Å². The molecule has 0 atom stereocenters. The highest BCUT2D eigenvalue weighted by Crippen LogP contribution is 2.11. The summed E-state index contributed by atoms with van der Waals surface area (Å²) in [6, 6.07) is 3.29. The van der Waals surface area contributed by atoms with Gasteiger partial charge >= 0.3 is 5.97 Å². The Hall–Kier alpha value is -1.58. The van der Waals surface area contributed by atoms with Gasteiger partial charge in [-0.05, 0) is 12.5 Å². The van der Waals surface area contributed by atoms with Crippen LogP contribution in [-0.2, 0) is 0 Å². The molecule has 1 heterocycles. The van der Waals surface area contributed by atoms with E-state index in [0.29, 0.717) is 11.4 Å². The average Bonchev–Trinajstić information content (AvgIpc) is 2.05. The molecular weight excluding hydrogens is 158 g/mol. The Kier molecular flexibility index (Phi) is 2.28. The smallest absolute Gasteiger partial charge is 0.354 e. The molecule has 0 aromatic carbocycles. The van der Waals surface area contributed by atoms with Crippen molar-refractivity contribution in [2.75, 3.05) is 7.11 Å². The molecule has 1 aromatic heterocycles. The molecule has 0 unspecified atom stereocenters. The molecule has 0 saturated carbocycles. The molecule has 0 fully saturated rings. The van der Waals surface area contributed by atoms with Crippen molar-refractivity contribution in [1.82, 2.24) is 4.98 Å². The maximum atomic E-state index is 10.6. The van der Waals surface area contributed by atoms with E-state index in [1.165, 1.54) is 7.11 Å². The number of methoxy groups -OCH3 is 1.